The Kier molecular flexibility index (Phi) is 12.9. The number of nitrogens with one attached hydrogen (secondary N) is 3. The lowest BCUT2D eigenvalue weighted by molar-refractivity contribution is -0.121. The van der Waals surface area contributed by atoms with Gasteiger partial charge in [0.15, 0.2) is 0 Å². The van der Waals surface area contributed by atoms with Gasteiger partial charge in [-0.1, -0.05) is 30.4 Å². The molecule has 0 saturated heterocycles. The Bertz CT molecular complexity index is 866. The molecule has 0 aliphatic carbocycles. The fraction of sp³-hybridized carbons (Fsp3) is 0.375. The minimum absolute atomic E-state index is 0.0283. The van der Waals surface area contributed by atoms with Gasteiger partial charge >= 0.3 is 0 Å². The highest BCUT2D eigenvalue weighted by atomic mass is 33.1. The first-order valence-electron chi connectivity index (χ1n) is 11.0. The number of thiol groups is 1. The van der Waals surface area contributed by atoms with Gasteiger partial charge in [0.25, 0.3) is 0 Å². The molecule has 3 N–H and O–H groups in total. The van der Waals surface area contributed by atoms with E-state index in [9.17, 15) is 9.59 Å². The van der Waals surface area contributed by atoms with Crippen LogP contribution in [0.3, 0.4) is 0 Å². The Morgan fingerprint density at radius 1 is 1.15 bits per heavy atom. The Labute approximate surface area is 204 Å². The molecule has 0 unspecified atom stereocenters. The van der Waals surface area contributed by atoms with Crippen LogP contribution in [-0.4, -0.2) is 74.2 Å². The number of carbonyl (C=O) groups excluding carboxylic acids is 2. The van der Waals surface area contributed by atoms with Crippen LogP contribution in [0.25, 0.3) is 6.08 Å². The summed E-state index contributed by atoms with van der Waals surface area (Å²) in [6, 6.07) is 8.25. The summed E-state index contributed by atoms with van der Waals surface area (Å²) < 4.78 is 0. The van der Waals surface area contributed by atoms with Crippen LogP contribution < -0.4 is 16.0 Å². The van der Waals surface area contributed by atoms with Crippen molar-refractivity contribution in [3.63, 3.8) is 0 Å². The Hall–Kier alpha value is -2.65. The number of amides is 2. The quantitative estimate of drug-likeness (QED) is 0.123. The molecule has 0 aromatic heterocycles. The van der Waals surface area contributed by atoms with E-state index >= 15 is 0 Å². The van der Waals surface area contributed by atoms with Crippen LogP contribution in [0.2, 0.25) is 0 Å². The standard InChI is InChI=1S/C24H33N5O2S2/c1-3-26-18-23(30)27-12-16-32-33-17-13-28-24(31)19-29-14-10-21(11-15-29)5-4-20-6-8-22(25-2)9-7-20/h3-11,14,25H,12-13,15-19H2,1-2H3,(H,27,30)(H,28,31)/p+1/b5-4+,26-3?. The third-order valence-corrected chi connectivity index (χ3v) is 7.22. The van der Waals surface area contributed by atoms with Crippen molar-refractivity contribution in [2.24, 2.45) is 4.99 Å². The van der Waals surface area contributed by atoms with Gasteiger partial charge in [0.1, 0.15) is 12.3 Å². The van der Waals surface area contributed by atoms with Crippen LogP contribution in [0.5, 0.6) is 0 Å². The van der Waals surface area contributed by atoms with E-state index in [1.807, 2.05) is 36.4 Å². The number of anilines is 1. The van der Waals surface area contributed by atoms with E-state index in [2.05, 4.69) is 51.3 Å². The topological polar surface area (TPSA) is 85.8 Å². The van der Waals surface area contributed by atoms with E-state index in [1.54, 1.807) is 23.9 Å². The normalized spacial score (nSPS) is 13.4. The Morgan fingerprint density at radius 3 is 2.64 bits per heavy atom. The zero-order valence-electron chi connectivity index (χ0n) is 19.3. The smallest absolute Gasteiger partial charge is 0.241 e. The SMILES string of the molecule is CC=NCC(=O)NCCS[SH+]CCNC(=O)CN1C=CC(/C=C/c2ccc(NC)cc2)=CC1. The van der Waals surface area contributed by atoms with E-state index in [1.165, 1.54) is 10.8 Å². The minimum atomic E-state index is -0.0538. The van der Waals surface area contributed by atoms with E-state index in [4.69, 9.17) is 0 Å². The molecule has 1 heterocycles. The molecule has 7 nitrogen and oxygen atoms in total. The van der Waals surface area contributed by atoms with Crippen molar-refractivity contribution in [3.05, 3.63) is 59.8 Å². The average Bonchev–Trinajstić information content (AvgIpc) is 2.84. The summed E-state index contributed by atoms with van der Waals surface area (Å²) in [4.78, 5) is 29.4. The van der Waals surface area contributed by atoms with Gasteiger partial charge in [-0.15, -0.1) is 0 Å². The van der Waals surface area contributed by atoms with Crippen LogP contribution in [0.4, 0.5) is 5.69 Å². The molecule has 2 rings (SSSR count). The lowest BCUT2D eigenvalue weighted by Gasteiger charge is -2.21. The molecule has 1 aliphatic heterocycles. The number of aliphatic imine (C=N–C) groups is 1. The lowest BCUT2D eigenvalue weighted by Crippen LogP contribution is -2.36. The van der Waals surface area contributed by atoms with Crippen molar-refractivity contribution in [2.75, 3.05) is 56.6 Å². The molecule has 0 atom stereocenters. The van der Waals surface area contributed by atoms with Gasteiger partial charge in [0.2, 0.25) is 11.8 Å². The zero-order valence-corrected chi connectivity index (χ0v) is 21.0. The van der Waals surface area contributed by atoms with Crippen molar-refractivity contribution in [3.8, 4) is 0 Å². The molecule has 33 heavy (non-hydrogen) atoms. The molecule has 1 aromatic carbocycles. The number of allylic oxidation sites excluding steroid dienone is 3. The monoisotopic (exact) mass is 488 g/mol. The summed E-state index contributed by atoms with van der Waals surface area (Å²) in [5, 5.41) is 8.91. The molecular weight excluding hydrogens is 454 g/mol. The molecule has 178 valence electrons. The molecule has 0 saturated carbocycles. The molecule has 2 amide bonds. The highest BCUT2D eigenvalue weighted by Crippen LogP contribution is 2.13. The summed E-state index contributed by atoms with van der Waals surface area (Å²) in [7, 11) is 4.84. The van der Waals surface area contributed by atoms with Crippen LogP contribution in [-0.2, 0) is 20.4 Å². The van der Waals surface area contributed by atoms with E-state index in [0.29, 0.717) is 26.2 Å². The second-order valence-corrected chi connectivity index (χ2v) is 10.1. The average molecular weight is 489 g/mol. The first kappa shape index (κ1) is 26.6. The third-order valence-electron chi connectivity index (χ3n) is 4.60. The molecule has 1 aromatic rings. The number of benzene rings is 1. The van der Waals surface area contributed by atoms with Crippen molar-refractivity contribution in [2.45, 2.75) is 6.92 Å². The molecule has 9 heteroatoms. The number of nitrogens with zero attached hydrogens (tertiary/aromatic N) is 2. The van der Waals surface area contributed by atoms with Crippen LogP contribution in [0, 0.1) is 0 Å². The number of carbonyl (C=O) groups is 2. The Balaban J connectivity index is 1.53. The highest BCUT2D eigenvalue weighted by molar-refractivity contribution is 8.66. The van der Waals surface area contributed by atoms with Crippen molar-refractivity contribution in [1.29, 1.82) is 0 Å². The minimum Gasteiger partial charge on any atom is -0.388 e. The maximum absolute atomic E-state index is 12.2. The zero-order chi connectivity index (χ0) is 23.7. The van der Waals surface area contributed by atoms with Gasteiger partial charge in [0.05, 0.1) is 29.6 Å². The van der Waals surface area contributed by atoms with E-state index < -0.39 is 0 Å². The fourth-order valence-corrected chi connectivity index (χ4v) is 4.79. The van der Waals surface area contributed by atoms with Crippen LogP contribution >= 0.6 is 10.8 Å². The predicted molar refractivity (Wildman–Crippen MR) is 145 cm³/mol. The van der Waals surface area contributed by atoms with Crippen molar-refractivity contribution >= 4 is 51.4 Å². The van der Waals surface area contributed by atoms with Crippen molar-refractivity contribution < 1.29 is 9.59 Å². The summed E-state index contributed by atoms with van der Waals surface area (Å²) in [5.41, 5.74) is 3.37. The molecule has 0 radical (unpaired) electrons. The first-order chi connectivity index (χ1) is 16.1. The molecule has 0 spiro atoms. The molecule has 0 bridgehead atoms. The highest BCUT2D eigenvalue weighted by Gasteiger charge is 2.09. The third kappa shape index (κ3) is 11.7. The van der Waals surface area contributed by atoms with Gasteiger partial charge in [-0.05, 0) is 42.5 Å². The van der Waals surface area contributed by atoms with Crippen molar-refractivity contribution in [1.82, 2.24) is 15.5 Å². The summed E-state index contributed by atoms with van der Waals surface area (Å²) in [6.07, 6.45) is 11.9. The maximum Gasteiger partial charge on any atom is 0.241 e. The van der Waals surface area contributed by atoms with Crippen LogP contribution in [0.1, 0.15) is 12.5 Å². The van der Waals surface area contributed by atoms with Gasteiger partial charge in [-0.25, -0.2) is 0 Å². The fourth-order valence-electron chi connectivity index (χ4n) is 2.81. The van der Waals surface area contributed by atoms with Gasteiger partial charge < -0.3 is 20.9 Å². The van der Waals surface area contributed by atoms with Gasteiger partial charge in [-0.2, -0.15) is 0 Å². The van der Waals surface area contributed by atoms with E-state index in [-0.39, 0.29) is 18.4 Å². The number of hydrogen-bond donors (Lipinski definition) is 3. The number of rotatable bonds is 14. The summed E-state index contributed by atoms with van der Waals surface area (Å²) in [5.74, 6) is 1.70. The molecule has 1 aliphatic rings. The lowest BCUT2D eigenvalue weighted by atomic mass is 10.1. The largest absolute Gasteiger partial charge is 0.388 e. The summed E-state index contributed by atoms with van der Waals surface area (Å²) in [6.45, 7) is 4.34. The van der Waals surface area contributed by atoms with Gasteiger partial charge in [-0.3, -0.25) is 14.6 Å². The van der Waals surface area contributed by atoms with Crippen LogP contribution in [0.15, 0.2) is 59.3 Å². The molecular formula is C24H34N5O2S2+. The maximum atomic E-state index is 12.2. The Morgan fingerprint density at radius 2 is 1.94 bits per heavy atom. The second kappa shape index (κ2) is 16.0. The van der Waals surface area contributed by atoms with Gasteiger partial charge in [0, 0.05) is 42.8 Å². The van der Waals surface area contributed by atoms with E-state index in [0.717, 1.165) is 28.3 Å². The molecule has 0 fully saturated rings. The summed E-state index contributed by atoms with van der Waals surface area (Å²) >= 11 is 0. The second-order valence-electron chi connectivity index (χ2n) is 7.14. The number of hydrogen-bond acceptors (Lipinski definition) is 6. The first-order valence-corrected chi connectivity index (χ1v) is 13.6. The predicted octanol–water partition coefficient (Wildman–Crippen LogP) is 2.28.